The largest absolute Gasteiger partial charge is 0.319 e. The van der Waals surface area contributed by atoms with Crippen LogP contribution in [0.1, 0.15) is 50.7 Å². The minimum atomic E-state index is 0.587. The van der Waals surface area contributed by atoms with Crippen LogP contribution in [0.2, 0.25) is 0 Å². The maximum absolute atomic E-state index is 3.25. The highest BCUT2D eigenvalue weighted by atomic mass is 15.2. The van der Waals surface area contributed by atoms with Crippen molar-refractivity contribution in [1.82, 2.24) is 10.2 Å². The van der Waals surface area contributed by atoms with Crippen molar-refractivity contribution in [2.24, 2.45) is 5.92 Å². The van der Waals surface area contributed by atoms with Gasteiger partial charge in [0.05, 0.1) is 0 Å². The number of hydrogen-bond acceptors (Lipinski definition) is 2. The molecule has 0 aromatic heterocycles. The van der Waals surface area contributed by atoms with Crippen LogP contribution in [0.5, 0.6) is 0 Å². The predicted octanol–water partition coefficient (Wildman–Crippen LogP) is 3.63. The van der Waals surface area contributed by atoms with Crippen LogP contribution in [-0.4, -0.2) is 31.1 Å². The van der Waals surface area contributed by atoms with Crippen molar-refractivity contribution in [2.75, 3.05) is 20.1 Å². The van der Waals surface area contributed by atoms with Gasteiger partial charge in [-0.2, -0.15) is 0 Å². The van der Waals surface area contributed by atoms with Gasteiger partial charge < -0.3 is 5.32 Å². The average Bonchev–Trinajstić information content (AvgIpc) is 3.23. The Bertz CT molecular complexity index is 392. The third kappa shape index (κ3) is 4.60. The Hall–Kier alpha value is -0.860. The zero-order valence-corrected chi connectivity index (χ0v) is 13.5. The van der Waals surface area contributed by atoms with Crippen LogP contribution in [-0.2, 0) is 6.54 Å². The minimum absolute atomic E-state index is 0.587. The SMILES string of the molecule is CNCC(C)c1ccc(CN(CC(C)C)C2CC2)cc1. The first-order valence-corrected chi connectivity index (χ1v) is 8.07. The van der Waals surface area contributed by atoms with E-state index in [0.717, 1.165) is 25.0 Å². The van der Waals surface area contributed by atoms with E-state index in [9.17, 15) is 0 Å². The molecule has 1 aromatic carbocycles. The smallest absolute Gasteiger partial charge is 0.0236 e. The van der Waals surface area contributed by atoms with Crippen molar-refractivity contribution >= 4 is 0 Å². The zero-order chi connectivity index (χ0) is 14.5. The molecular weight excluding hydrogens is 244 g/mol. The van der Waals surface area contributed by atoms with Gasteiger partial charge in [0.25, 0.3) is 0 Å². The van der Waals surface area contributed by atoms with Gasteiger partial charge in [0.2, 0.25) is 0 Å². The van der Waals surface area contributed by atoms with E-state index in [0.29, 0.717) is 5.92 Å². The average molecular weight is 274 g/mol. The van der Waals surface area contributed by atoms with Gasteiger partial charge in [-0.3, -0.25) is 4.90 Å². The Balaban J connectivity index is 1.94. The molecule has 1 saturated carbocycles. The Morgan fingerprint density at radius 3 is 2.30 bits per heavy atom. The molecule has 0 amide bonds. The van der Waals surface area contributed by atoms with Crippen LogP contribution in [0.3, 0.4) is 0 Å². The summed E-state index contributed by atoms with van der Waals surface area (Å²) in [5.41, 5.74) is 2.89. The Morgan fingerprint density at radius 2 is 1.80 bits per heavy atom. The standard InChI is InChI=1S/C18H30N2/c1-14(2)12-20(18-9-10-18)13-16-5-7-17(8-6-16)15(3)11-19-4/h5-8,14-15,18-19H,9-13H2,1-4H3. The highest BCUT2D eigenvalue weighted by molar-refractivity contribution is 5.25. The van der Waals surface area contributed by atoms with Crippen LogP contribution in [0.15, 0.2) is 24.3 Å². The summed E-state index contributed by atoms with van der Waals surface area (Å²) < 4.78 is 0. The lowest BCUT2D eigenvalue weighted by atomic mass is 9.99. The molecule has 2 nitrogen and oxygen atoms in total. The third-order valence-electron chi connectivity index (χ3n) is 4.11. The van der Waals surface area contributed by atoms with Gasteiger partial charge in [-0.05, 0) is 42.9 Å². The van der Waals surface area contributed by atoms with Gasteiger partial charge in [0.1, 0.15) is 0 Å². The molecule has 0 saturated heterocycles. The molecule has 1 unspecified atom stereocenters. The fourth-order valence-corrected chi connectivity index (χ4v) is 2.86. The van der Waals surface area contributed by atoms with Crippen molar-refractivity contribution in [2.45, 2.75) is 52.1 Å². The van der Waals surface area contributed by atoms with E-state index in [1.807, 2.05) is 7.05 Å². The summed E-state index contributed by atoms with van der Waals surface area (Å²) in [5.74, 6) is 1.34. The van der Waals surface area contributed by atoms with Gasteiger partial charge in [-0.1, -0.05) is 45.0 Å². The second kappa shape index (κ2) is 7.24. The highest BCUT2D eigenvalue weighted by Gasteiger charge is 2.29. The molecule has 1 N–H and O–H groups in total. The first-order chi connectivity index (χ1) is 9.60. The normalized spacial score (nSPS) is 16.9. The van der Waals surface area contributed by atoms with E-state index in [2.05, 4.69) is 55.3 Å². The van der Waals surface area contributed by atoms with Crippen molar-refractivity contribution in [3.05, 3.63) is 35.4 Å². The molecule has 0 aliphatic heterocycles. The van der Waals surface area contributed by atoms with Gasteiger partial charge in [-0.25, -0.2) is 0 Å². The van der Waals surface area contributed by atoms with Crippen LogP contribution < -0.4 is 5.32 Å². The Kier molecular flexibility index (Phi) is 5.62. The Morgan fingerprint density at radius 1 is 1.15 bits per heavy atom. The minimum Gasteiger partial charge on any atom is -0.319 e. The van der Waals surface area contributed by atoms with Gasteiger partial charge in [0.15, 0.2) is 0 Å². The molecule has 1 atom stereocenters. The maximum Gasteiger partial charge on any atom is 0.0236 e. The number of hydrogen-bond donors (Lipinski definition) is 1. The van der Waals surface area contributed by atoms with Gasteiger partial charge in [0, 0.05) is 25.7 Å². The second-order valence-electron chi connectivity index (χ2n) is 6.75. The van der Waals surface area contributed by atoms with Gasteiger partial charge in [-0.15, -0.1) is 0 Å². The van der Waals surface area contributed by atoms with E-state index in [-0.39, 0.29) is 0 Å². The molecular formula is C18H30N2. The van der Waals surface area contributed by atoms with E-state index in [1.54, 1.807) is 0 Å². The van der Waals surface area contributed by atoms with E-state index < -0.39 is 0 Å². The summed E-state index contributed by atoms with van der Waals surface area (Å²) in [4.78, 5) is 2.66. The molecule has 1 aliphatic carbocycles. The predicted molar refractivity (Wildman–Crippen MR) is 87.1 cm³/mol. The van der Waals surface area contributed by atoms with E-state index in [1.165, 1.54) is 30.5 Å². The summed E-state index contributed by atoms with van der Waals surface area (Å²) in [6.07, 6.45) is 2.79. The molecule has 20 heavy (non-hydrogen) atoms. The van der Waals surface area contributed by atoms with Crippen molar-refractivity contribution in [1.29, 1.82) is 0 Å². The first-order valence-electron chi connectivity index (χ1n) is 8.07. The summed E-state index contributed by atoms with van der Waals surface area (Å²) in [7, 11) is 2.02. The van der Waals surface area contributed by atoms with Crippen LogP contribution in [0.25, 0.3) is 0 Å². The summed E-state index contributed by atoms with van der Waals surface area (Å²) >= 11 is 0. The van der Waals surface area contributed by atoms with Crippen LogP contribution in [0.4, 0.5) is 0 Å². The molecule has 1 aromatic rings. The van der Waals surface area contributed by atoms with Crippen LogP contribution in [0, 0.1) is 5.92 Å². The third-order valence-corrected chi connectivity index (χ3v) is 4.11. The van der Waals surface area contributed by atoms with Crippen molar-refractivity contribution < 1.29 is 0 Å². The molecule has 1 fully saturated rings. The number of nitrogens with zero attached hydrogens (tertiary/aromatic N) is 1. The lowest BCUT2D eigenvalue weighted by Gasteiger charge is -2.24. The topological polar surface area (TPSA) is 15.3 Å². The number of nitrogens with one attached hydrogen (secondary N) is 1. The molecule has 2 heteroatoms. The molecule has 0 radical (unpaired) electrons. The van der Waals surface area contributed by atoms with Crippen LogP contribution >= 0.6 is 0 Å². The Labute approximate surface area is 124 Å². The fraction of sp³-hybridized carbons (Fsp3) is 0.667. The quantitative estimate of drug-likeness (QED) is 0.779. The maximum atomic E-state index is 3.25. The molecule has 112 valence electrons. The highest BCUT2D eigenvalue weighted by Crippen LogP contribution is 2.29. The van der Waals surface area contributed by atoms with Crippen molar-refractivity contribution in [3.8, 4) is 0 Å². The monoisotopic (exact) mass is 274 g/mol. The second-order valence-corrected chi connectivity index (χ2v) is 6.75. The number of rotatable bonds is 8. The molecule has 0 heterocycles. The van der Waals surface area contributed by atoms with Crippen molar-refractivity contribution in [3.63, 3.8) is 0 Å². The number of likely N-dealkylation sites (N-methyl/N-ethyl adjacent to an activating group) is 1. The zero-order valence-electron chi connectivity index (χ0n) is 13.5. The lowest BCUT2D eigenvalue weighted by molar-refractivity contribution is 0.226. The summed E-state index contributed by atoms with van der Waals surface area (Å²) in [5, 5.41) is 3.25. The fourth-order valence-electron chi connectivity index (χ4n) is 2.86. The molecule has 1 aliphatic rings. The summed E-state index contributed by atoms with van der Waals surface area (Å²) in [6.45, 7) is 10.3. The van der Waals surface area contributed by atoms with Gasteiger partial charge >= 0.3 is 0 Å². The lowest BCUT2D eigenvalue weighted by Crippen LogP contribution is -2.29. The molecule has 0 bridgehead atoms. The molecule has 0 spiro atoms. The van der Waals surface area contributed by atoms with E-state index in [4.69, 9.17) is 0 Å². The summed E-state index contributed by atoms with van der Waals surface area (Å²) in [6, 6.07) is 10.1. The first kappa shape index (κ1) is 15.5. The van der Waals surface area contributed by atoms with E-state index >= 15 is 0 Å². The molecule has 2 rings (SSSR count). The number of benzene rings is 1.